The van der Waals surface area contributed by atoms with E-state index < -0.39 is 4.92 Å². The van der Waals surface area contributed by atoms with E-state index in [9.17, 15) is 10.1 Å². The van der Waals surface area contributed by atoms with Crippen molar-refractivity contribution in [2.75, 3.05) is 13.1 Å². The largest absolute Gasteiger partial charge is 0.315 e. The Balaban J connectivity index is 2.09. The molecule has 2 aromatic rings. The van der Waals surface area contributed by atoms with E-state index in [4.69, 9.17) is 28.5 Å². The van der Waals surface area contributed by atoms with Crippen molar-refractivity contribution in [1.29, 1.82) is 5.26 Å². The molecular formula is C18H17Cl2N5O2. The number of rotatable bonds is 8. The first-order valence-electron chi connectivity index (χ1n) is 8.14. The van der Waals surface area contributed by atoms with Crippen LogP contribution in [0.5, 0.6) is 0 Å². The van der Waals surface area contributed by atoms with E-state index in [-0.39, 0.29) is 21.4 Å². The summed E-state index contributed by atoms with van der Waals surface area (Å²) < 4.78 is 0. The van der Waals surface area contributed by atoms with Crippen molar-refractivity contribution in [2.24, 2.45) is 10.2 Å². The maximum atomic E-state index is 10.8. The van der Waals surface area contributed by atoms with Gasteiger partial charge in [-0.1, -0.05) is 35.3 Å². The molecule has 0 saturated carbocycles. The Kier molecular flexibility index (Phi) is 7.67. The second kappa shape index (κ2) is 9.97. The summed E-state index contributed by atoms with van der Waals surface area (Å²) in [6.45, 7) is 3.38. The van der Waals surface area contributed by atoms with E-state index in [0.29, 0.717) is 18.7 Å². The highest BCUT2D eigenvalue weighted by molar-refractivity contribution is 6.39. The third kappa shape index (κ3) is 6.00. The molecule has 27 heavy (non-hydrogen) atoms. The first-order chi connectivity index (χ1) is 12.9. The van der Waals surface area contributed by atoms with Gasteiger partial charge in [0.05, 0.1) is 26.7 Å². The van der Waals surface area contributed by atoms with Crippen molar-refractivity contribution < 1.29 is 4.92 Å². The number of hydrogen-bond acceptors (Lipinski definition) is 6. The van der Waals surface area contributed by atoms with Gasteiger partial charge in [0.25, 0.3) is 5.69 Å². The van der Waals surface area contributed by atoms with Gasteiger partial charge >= 0.3 is 0 Å². The Hall–Kier alpha value is -2.53. The molecule has 0 amide bonds. The minimum Gasteiger partial charge on any atom is -0.315 e. The fourth-order valence-corrected chi connectivity index (χ4v) is 2.90. The van der Waals surface area contributed by atoms with Crippen molar-refractivity contribution in [3.05, 3.63) is 61.6 Å². The molecule has 0 aliphatic carbocycles. The molecule has 0 bridgehead atoms. The van der Waals surface area contributed by atoms with Crippen LogP contribution in [0.3, 0.4) is 0 Å². The number of nitrogens with zero attached hydrogens (tertiary/aromatic N) is 4. The van der Waals surface area contributed by atoms with Gasteiger partial charge in [-0.25, -0.2) is 0 Å². The average molecular weight is 406 g/mol. The van der Waals surface area contributed by atoms with Gasteiger partial charge in [0, 0.05) is 25.1 Å². The van der Waals surface area contributed by atoms with Gasteiger partial charge in [-0.2, -0.15) is 10.4 Å². The van der Waals surface area contributed by atoms with Gasteiger partial charge in [0.2, 0.25) is 0 Å². The minimum absolute atomic E-state index is 0.0654. The van der Waals surface area contributed by atoms with Crippen LogP contribution in [0.4, 0.5) is 17.1 Å². The maximum Gasteiger partial charge on any atom is 0.272 e. The molecule has 0 unspecified atom stereocenters. The van der Waals surface area contributed by atoms with Crippen molar-refractivity contribution >= 4 is 40.3 Å². The molecule has 0 spiro atoms. The lowest BCUT2D eigenvalue weighted by atomic mass is 10.1. The van der Waals surface area contributed by atoms with E-state index in [1.54, 1.807) is 0 Å². The first kappa shape index (κ1) is 20.8. The normalized spacial score (nSPS) is 10.9. The van der Waals surface area contributed by atoms with Crippen molar-refractivity contribution in [2.45, 2.75) is 19.8 Å². The number of azo groups is 1. The van der Waals surface area contributed by atoms with Gasteiger partial charge in [-0.05, 0) is 37.1 Å². The molecular weight excluding hydrogens is 389 g/mol. The molecule has 2 rings (SSSR count). The predicted octanol–water partition coefficient (Wildman–Crippen LogP) is 5.67. The molecule has 0 saturated heterocycles. The van der Waals surface area contributed by atoms with E-state index >= 15 is 0 Å². The fourth-order valence-electron chi connectivity index (χ4n) is 2.34. The van der Waals surface area contributed by atoms with E-state index in [0.717, 1.165) is 24.1 Å². The maximum absolute atomic E-state index is 10.8. The molecule has 0 fully saturated rings. The van der Waals surface area contributed by atoms with Crippen LogP contribution in [-0.2, 0) is 6.42 Å². The average Bonchev–Trinajstić information content (AvgIpc) is 2.62. The quantitative estimate of drug-likeness (QED) is 0.264. The number of aryl methyl sites for hydroxylation is 1. The minimum atomic E-state index is -0.573. The zero-order valence-electron chi connectivity index (χ0n) is 14.6. The summed E-state index contributed by atoms with van der Waals surface area (Å²) >= 11 is 12.1. The molecule has 0 aromatic heterocycles. The molecule has 140 valence electrons. The fraction of sp³-hybridized carbons (Fsp3) is 0.278. The standard InChI is InChI=1S/C18H17Cl2N5O2/c1-12-9-13(5-8-22-7-2-6-21)3-4-17(12)23-24-18-15(19)10-14(25(26)27)11-16(18)20/h3-4,9-11,22H,2,5,7-8H2,1H3. The molecule has 0 atom stereocenters. The molecule has 7 nitrogen and oxygen atoms in total. The Bertz CT molecular complexity index is 886. The number of halogens is 2. The van der Waals surface area contributed by atoms with Crippen molar-refractivity contribution in [1.82, 2.24) is 5.32 Å². The van der Waals surface area contributed by atoms with Gasteiger partial charge in [0.1, 0.15) is 5.69 Å². The van der Waals surface area contributed by atoms with Gasteiger partial charge in [-0.15, -0.1) is 5.11 Å². The van der Waals surface area contributed by atoms with E-state index in [1.165, 1.54) is 12.1 Å². The number of non-ortho nitro benzene ring substituents is 1. The van der Waals surface area contributed by atoms with Crippen LogP contribution in [0.15, 0.2) is 40.6 Å². The monoisotopic (exact) mass is 405 g/mol. The molecule has 2 aromatic carbocycles. The van der Waals surface area contributed by atoms with Gasteiger partial charge < -0.3 is 5.32 Å². The molecule has 0 radical (unpaired) electrons. The molecule has 0 aliphatic heterocycles. The summed E-state index contributed by atoms with van der Waals surface area (Å²) in [5.41, 5.74) is 2.72. The zero-order chi connectivity index (χ0) is 19.8. The van der Waals surface area contributed by atoms with Crippen LogP contribution in [0.1, 0.15) is 17.5 Å². The van der Waals surface area contributed by atoms with Crippen LogP contribution in [-0.4, -0.2) is 18.0 Å². The number of benzene rings is 2. The van der Waals surface area contributed by atoms with Crippen LogP contribution in [0.2, 0.25) is 10.0 Å². The summed E-state index contributed by atoms with van der Waals surface area (Å²) in [6.07, 6.45) is 1.33. The molecule has 1 N–H and O–H groups in total. The second-order valence-electron chi connectivity index (χ2n) is 5.74. The second-order valence-corrected chi connectivity index (χ2v) is 6.56. The molecule has 0 heterocycles. The summed E-state index contributed by atoms with van der Waals surface area (Å²) in [5, 5.41) is 30.9. The third-order valence-corrected chi connectivity index (χ3v) is 4.31. The zero-order valence-corrected chi connectivity index (χ0v) is 16.1. The smallest absolute Gasteiger partial charge is 0.272 e. The van der Waals surface area contributed by atoms with Crippen LogP contribution in [0.25, 0.3) is 0 Å². The lowest BCUT2D eigenvalue weighted by molar-refractivity contribution is -0.384. The summed E-state index contributed by atoms with van der Waals surface area (Å²) in [7, 11) is 0. The summed E-state index contributed by atoms with van der Waals surface area (Å²) in [6, 6.07) is 10.3. The van der Waals surface area contributed by atoms with Gasteiger partial charge in [0.15, 0.2) is 0 Å². The Morgan fingerprint density at radius 1 is 1.19 bits per heavy atom. The van der Waals surface area contributed by atoms with Gasteiger partial charge in [-0.3, -0.25) is 10.1 Å². The Labute approximate surface area is 166 Å². The van der Waals surface area contributed by atoms with Crippen molar-refractivity contribution in [3.63, 3.8) is 0 Å². The molecule has 9 heteroatoms. The number of nitrogens with one attached hydrogen (secondary N) is 1. The third-order valence-electron chi connectivity index (χ3n) is 3.74. The predicted molar refractivity (Wildman–Crippen MR) is 105 cm³/mol. The van der Waals surface area contributed by atoms with Crippen LogP contribution >= 0.6 is 23.2 Å². The van der Waals surface area contributed by atoms with E-state index in [2.05, 4.69) is 21.6 Å². The molecule has 0 aliphatic rings. The SMILES string of the molecule is Cc1cc(CCNCCC#N)ccc1N=Nc1c(Cl)cc([N+](=O)[O-])cc1Cl. The number of nitro groups is 1. The van der Waals surface area contributed by atoms with Crippen molar-refractivity contribution in [3.8, 4) is 6.07 Å². The number of hydrogen-bond donors (Lipinski definition) is 1. The van der Waals surface area contributed by atoms with Crippen LogP contribution in [0, 0.1) is 28.4 Å². The first-order valence-corrected chi connectivity index (χ1v) is 8.90. The lowest BCUT2D eigenvalue weighted by Gasteiger charge is -2.06. The Morgan fingerprint density at radius 2 is 1.89 bits per heavy atom. The summed E-state index contributed by atoms with van der Waals surface area (Å²) in [4.78, 5) is 10.2. The highest BCUT2D eigenvalue weighted by Gasteiger charge is 2.14. The topological polar surface area (TPSA) is 104 Å². The number of nitro benzene ring substituents is 1. The van der Waals surface area contributed by atoms with E-state index in [1.807, 2.05) is 25.1 Å². The highest BCUT2D eigenvalue weighted by atomic mass is 35.5. The van der Waals surface area contributed by atoms with Crippen LogP contribution < -0.4 is 5.32 Å². The lowest BCUT2D eigenvalue weighted by Crippen LogP contribution is -2.18. The number of nitriles is 1. The summed E-state index contributed by atoms with van der Waals surface area (Å²) in [5.74, 6) is 0. The highest BCUT2D eigenvalue weighted by Crippen LogP contribution is 2.38. The Morgan fingerprint density at radius 3 is 2.48 bits per heavy atom.